The predicted molar refractivity (Wildman–Crippen MR) is 99.8 cm³/mol. The van der Waals surface area contributed by atoms with Crippen LogP contribution in [-0.2, 0) is 25.7 Å². The van der Waals surface area contributed by atoms with Crippen molar-refractivity contribution in [2.75, 3.05) is 0 Å². The summed E-state index contributed by atoms with van der Waals surface area (Å²) in [5, 5.41) is 1.00. The molecular formula is C20H21F2N3O4. The lowest BCUT2D eigenvalue weighted by molar-refractivity contribution is -0.224. The summed E-state index contributed by atoms with van der Waals surface area (Å²) in [6, 6.07) is 3.42. The Hall–Kier alpha value is -3.07. The maximum atomic E-state index is 14.3. The molecular weight excluding hydrogens is 384 g/mol. The van der Waals surface area contributed by atoms with Crippen molar-refractivity contribution in [2.24, 2.45) is 10.7 Å². The molecule has 9 heteroatoms. The molecule has 3 rings (SSSR count). The number of amides is 1. The molecule has 1 amide bonds. The lowest BCUT2D eigenvalue weighted by Gasteiger charge is -2.42. The maximum absolute atomic E-state index is 14.3. The average Bonchev–Trinajstić information content (AvgIpc) is 3.00. The average molecular weight is 405 g/mol. The first kappa shape index (κ1) is 20.7. The molecule has 154 valence electrons. The van der Waals surface area contributed by atoms with Gasteiger partial charge in [0.15, 0.2) is 5.71 Å². The molecule has 1 fully saturated rings. The number of carbonyl (C=O) groups excluding carboxylic acids is 2. The Kier molecular flexibility index (Phi) is 6.38. The summed E-state index contributed by atoms with van der Waals surface area (Å²) in [7, 11) is 0. The molecule has 0 saturated heterocycles. The van der Waals surface area contributed by atoms with Gasteiger partial charge in [-0.15, -0.1) is 5.06 Å². The fourth-order valence-corrected chi connectivity index (χ4v) is 3.46. The monoisotopic (exact) mass is 405 g/mol. The van der Waals surface area contributed by atoms with E-state index in [0.29, 0.717) is 25.7 Å². The van der Waals surface area contributed by atoms with Crippen LogP contribution in [0.15, 0.2) is 48.0 Å². The van der Waals surface area contributed by atoms with E-state index in [-0.39, 0.29) is 11.3 Å². The molecule has 0 unspecified atom stereocenters. The van der Waals surface area contributed by atoms with Crippen LogP contribution in [0.25, 0.3) is 0 Å². The number of nitrogens with zero attached hydrogens (tertiary/aromatic N) is 2. The topological polar surface area (TPSA) is 94.2 Å². The van der Waals surface area contributed by atoms with Gasteiger partial charge in [0.2, 0.25) is 5.91 Å². The van der Waals surface area contributed by atoms with Crippen LogP contribution < -0.4 is 5.73 Å². The highest BCUT2D eigenvalue weighted by Gasteiger charge is 2.46. The fraction of sp³-hybridized carbons (Fsp3) is 0.350. The van der Waals surface area contributed by atoms with Gasteiger partial charge in [0.25, 0.3) is 0 Å². The van der Waals surface area contributed by atoms with Crippen molar-refractivity contribution < 1.29 is 27.9 Å². The van der Waals surface area contributed by atoms with Crippen LogP contribution in [0.2, 0.25) is 0 Å². The van der Waals surface area contributed by atoms with Gasteiger partial charge in [0, 0.05) is 11.6 Å². The Morgan fingerprint density at radius 3 is 2.52 bits per heavy atom. The second-order valence-corrected chi connectivity index (χ2v) is 6.81. The minimum absolute atomic E-state index is 0.104. The van der Waals surface area contributed by atoms with E-state index in [4.69, 9.17) is 15.3 Å². The molecule has 0 atom stereocenters. The van der Waals surface area contributed by atoms with Crippen molar-refractivity contribution in [1.29, 1.82) is 0 Å². The quantitative estimate of drug-likeness (QED) is 0.735. The smallest absolute Gasteiger partial charge is 0.375 e. The molecule has 1 aromatic rings. The number of benzene rings is 1. The van der Waals surface area contributed by atoms with Gasteiger partial charge in [0.1, 0.15) is 23.4 Å². The summed E-state index contributed by atoms with van der Waals surface area (Å²) in [5.74, 6) is -3.25. The summed E-state index contributed by atoms with van der Waals surface area (Å²) < 4.78 is 33.4. The van der Waals surface area contributed by atoms with Crippen molar-refractivity contribution in [3.8, 4) is 0 Å². The van der Waals surface area contributed by atoms with Crippen LogP contribution in [-0.4, -0.2) is 28.2 Å². The Bertz CT molecular complexity index is 856. The van der Waals surface area contributed by atoms with Gasteiger partial charge < -0.3 is 15.3 Å². The maximum Gasteiger partial charge on any atom is 0.375 e. The molecule has 0 bridgehead atoms. The molecule has 1 saturated carbocycles. The van der Waals surface area contributed by atoms with Crippen molar-refractivity contribution >= 4 is 17.6 Å². The first-order valence-corrected chi connectivity index (χ1v) is 9.21. The molecule has 29 heavy (non-hydrogen) atoms. The van der Waals surface area contributed by atoms with Crippen LogP contribution in [0.3, 0.4) is 0 Å². The Labute approximate surface area is 166 Å². The highest BCUT2D eigenvalue weighted by atomic mass is 19.1. The van der Waals surface area contributed by atoms with Gasteiger partial charge in [-0.05, 0) is 25.0 Å². The lowest BCUT2D eigenvalue weighted by atomic mass is 9.80. The van der Waals surface area contributed by atoms with E-state index >= 15 is 0 Å². The summed E-state index contributed by atoms with van der Waals surface area (Å²) in [6.45, 7) is -0.476. The summed E-state index contributed by atoms with van der Waals surface area (Å²) >= 11 is 0. The first-order valence-electron chi connectivity index (χ1n) is 9.21. The second-order valence-electron chi connectivity index (χ2n) is 6.81. The number of hydroxylamine groups is 2. The molecule has 1 aromatic carbocycles. The van der Waals surface area contributed by atoms with Crippen molar-refractivity contribution in [2.45, 2.75) is 44.2 Å². The lowest BCUT2D eigenvalue weighted by Crippen LogP contribution is -2.59. The fourth-order valence-electron chi connectivity index (χ4n) is 3.46. The molecule has 1 aliphatic carbocycles. The zero-order valence-electron chi connectivity index (χ0n) is 15.6. The number of hydrogen-bond acceptors (Lipinski definition) is 6. The number of hydrogen-bond donors (Lipinski definition) is 1. The normalized spacial score (nSPS) is 18.0. The summed E-state index contributed by atoms with van der Waals surface area (Å²) in [5.41, 5.74) is 3.88. The van der Waals surface area contributed by atoms with E-state index in [0.717, 1.165) is 23.6 Å². The van der Waals surface area contributed by atoms with Crippen LogP contribution >= 0.6 is 0 Å². The van der Waals surface area contributed by atoms with Crippen molar-refractivity contribution in [3.63, 3.8) is 0 Å². The molecule has 0 radical (unpaired) electrons. The first-order chi connectivity index (χ1) is 13.9. The van der Waals surface area contributed by atoms with Gasteiger partial charge in [-0.25, -0.2) is 18.6 Å². The van der Waals surface area contributed by atoms with Crippen LogP contribution in [0.5, 0.6) is 0 Å². The van der Waals surface area contributed by atoms with Crippen molar-refractivity contribution in [1.82, 2.24) is 5.06 Å². The highest BCUT2D eigenvalue weighted by Crippen LogP contribution is 2.35. The summed E-state index contributed by atoms with van der Waals surface area (Å²) in [6.07, 6.45) is 7.83. The zero-order chi connectivity index (χ0) is 20.9. The third-order valence-electron chi connectivity index (χ3n) is 5.04. The van der Waals surface area contributed by atoms with Crippen LogP contribution in [0.4, 0.5) is 8.78 Å². The Morgan fingerprint density at radius 2 is 1.86 bits per heavy atom. The molecule has 1 aliphatic heterocycles. The number of primary amides is 1. The van der Waals surface area contributed by atoms with Crippen LogP contribution in [0.1, 0.15) is 37.7 Å². The van der Waals surface area contributed by atoms with E-state index < -0.39 is 35.6 Å². The van der Waals surface area contributed by atoms with Gasteiger partial charge >= 0.3 is 5.97 Å². The molecule has 2 aliphatic rings. The number of halogens is 2. The van der Waals surface area contributed by atoms with Gasteiger partial charge in [0.05, 0.1) is 19.0 Å². The Morgan fingerprint density at radius 1 is 1.17 bits per heavy atom. The standard InChI is InChI=1S/C20H21F2N3O4/c21-15-5-4-6-16(22)14(15)13-25(20(19(23)27)8-2-1-3-9-20)29-18(26)17-7-11-28-12-10-24-17/h4-7,10-12H,1-3,8-9,13H2,(H2,23,27). The van der Waals surface area contributed by atoms with Gasteiger partial charge in [-0.2, -0.15) is 0 Å². The zero-order valence-corrected chi connectivity index (χ0v) is 15.6. The van der Waals surface area contributed by atoms with E-state index in [1.807, 2.05) is 0 Å². The van der Waals surface area contributed by atoms with E-state index in [9.17, 15) is 18.4 Å². The van der Waals surface area contributed by atoms with Crippen molar-refractivity contribution in [3.05, 3.63) is 60.2 Å². The van der Waals surface area contributed by atoms with Gasteiger partial charge in [-0.3, -0.25) is 4.79 Å². The number of aliphatic imine (C=N–C) groups is 1. The minimum atomic E-state index is -1.37. The largest absolute Gasteiger partial charge is 0.471 e. The molecule has 2 N–H and O–H groups in total. The second kappa shape index (κ2) is 8.95. The molecule has 0 spiro atoms. The van der Waals surface area contributed by atoms with E-state index in [1.54, 1.807) is 0 Å². The number of rotatable bonds is 6. The van der Waals surface area contributed by atoms with Gasteiger partial charge in [-0.1, -0.05) is 25.3 Å². The minimum Gasteiger partial charge on any atom is -0.471 e. The molecule has 7 nitrogen and oxygen atoms in total. The summed E-state index contributed by atoms with van der Waals surface area (Å²) in [4.78, 5) is 34.4. The third kappa shape index (κ3) is 4.51. The molecule has 1 heterocycles. The van der Waals surface area contributed by atoms with E-state index in [1.165, 1.54) is 30.9 Å². The molecule has 0 aromatic heterocycles. The third-order valence-corrected chi connectivity index (χ3v) is 5.04. The number of nitrogens with two attached hydrogens (primary N) is 1. The number of ether oxygens (including phenoxy) is 1. The number of carbonyl (C=O) groups is 2. The SMILES string of the molecule is NC(=O)C1(N(Cc2c(F)cccc2F)OC(=O)C2=NC=COC=C2)CCCCC1. The Balaban J connectivity index is 1.96. The predicted octanol–water partition coefficient (Wildman–Crippen LogP) is 2.87. The van der Waals surface area contributed by atoms with Crippen LogP contribution in [0, 0.1) is 11.6 Å². The van der Waals surface area contributed by atoms with E-state index in [2.05, 4.69) is 4.99 Å². The highest BCUT2D eigenvalue weighted by molar-refractivity contribution is 6.41.